The molecule has 2 aromatic heterocycles. The van der Waals surface area contributed by atoms with Crippen molar-refractivity contribution in [1.82, 2.24) is 15.0 Å². The number of anilines is 1. The highest BCUT2D eigenvalue weighted by Gasteiger charge is 2.23. The number of carbonyl (C=O) groups is 2. The van der Waals surface area contributed by atoms with Gasteiger partial charge in [0.15, 0.2) is 6.10 Å². The summed E-state index contributed by atoms with van der Waals surface area (Å²) in [5, 5.41) is 3.09. The molecule has 0 aliphatic carbocycles. The average molecular weight is 583 g/mol. The second-order valence-electron chi connectivity index (χ2n) is 9.23. The predicted molar refractivity (Wildman–Crippen MR) is 161 cm³/mol. The number of hydrogen-bond acceptors (Lipinski definition) is 8. The minimum atomic E-state index is -1.02. The van der Waals surface area contributed by atoms with E-state index in [1.54, 1.807) is 51.5 Å². The van der Waals surface area contributed by atoms with Crippen LogP contribution in [0.3, 0.4) is 0 Å². The fourth-order valence-electron chi connectivity index (χ4n) is 4.26. The molecule has 2 heterocycles. The summed E-state index contributed by atoms with van der Waals surface area (Å²) in [6.45, 7) is 1.75. The Morgan fingerprint density at radius 2 is 1.40 bits per heavy atom. The molecule has 0 fully saturated rings. The molecule has 5 rings (SSSR count). The minimum absolute atomic E-state index is 0.241. The Hall–Kier alpha value is -5.02. The molecule has 9 nitrogen and oxygen atoms in total. The summed E-state index contributed by atoms with van der Waals surface area (Å²) in [7, 11) is 3.22. The summed E-state index contributed by atoms with van der Waals surface area (Å²) in [6.07, 6.45) is 0.662. The first kappa shape index (κ1) is 28.5. The van der Waals surface area contributed by atoms with Crippen molar-refractivity contribution in [3.63, 3.8) is 0 Å². The van der Waals surface area contributed by atoms with Gasteiger partial charge in [-0.1, -0.05) is 18.5 Å². The molecule has 0 radical (unpaired) electrons. The molecule has 1 N–H and O–H groups in total. The lowest BCUT2D eigenvalue weighted by atomic mass is 10.0. The van der Waals surface area contributed by atoms with Crippen LogP contribution in [0, 0.1) is 0 Å². The number of halogens is 1. The van der Waals surface area contributed by atoms with Crippen LogP contribution in [0.1, 0.15) is 23.7 Å². The highest BCUT2D eigenvalue weighted by Crippen LogP contribution is 2.33. The highest BCUT2D eigenvalue weighted by molar-refractivity contribution is 6.30. The van der Waals surface area contributed by atoms with Gasteiger partial charge >= 0.3 is 5.97 Å². The first-order chi connectivity index (χ1) is 20.4. The third-order valence-corrected chi connectivity index (χ3v) is 6.74. The van der Waals surface area contributed by atoms with Crippen molar-refractivity contribution in [2.45, 2.75) is 19.4 Å². The van der Waals surface area contributed by atoms with Crippen molar-refractivity contribution < 1.29 is 23.8 Å². The van der Waals surface area contributed by atoms with E-state index in [1.807, 2.05) is 48.5 Å². The number of pyridine rings is 1. The Bertz CT molecular complexity index is 1730. The molecule has 3 aromatic carbocycles. The van der Waals surface area contributed by atoms with Gasteiger partial charge in [-0.05, 0) is 85.3 Å². The number of nitrogens with one attached hydrogen (secondary N) is 1. The third kappa shape index (κ3) is 6.31. The van der Waals surface area contributed by atoms with E-state index in [0.717, 1.165) is 16.9 Å². The molecule has 5 aromatic rings. The summed E-state index contributed by atoms with van der Waals surface area (Å²) in [6, 6.07) is 23.2. The maximum absolute atomic E-state index is 13.1. The lowest BCUT2D eigenvalue weighted by molar-refractivity contribution is -0.124. The van der Waals surface area contributed by atoms with Crippen LogP contribution in [0.4, 0.5) is 5.82 Å². The number of rotatable bonds is 9. The largest absolute Gasteiger partial charge is 0.497 e. The molecule has 0 spiro atoms. The zero-order valence-electron chi connectivity index (χ0n) is 23.1. The van der Waals surface area contributed by atoms with Crippen molar-refractivity contribution in [1.29, 1.82) is 0 Å². The molecule has 212 valence electrons. The van der Waals surface area contributed by atoms with Gasteiger partial charge < -0.3 is 19.5 Å². The summed E-state index contributed by atoms with van der Waals surface area (Å²) >= 11 is 5.86. The van der Waals surface area contributed by atoms with Gasteiger partial charge in [-0.2, -0.15) is 0 Å². The fourth-order valence-corrected chi connectivity index (χ4v) is 4.37. The average Bonchev–Trinajstić information content (AvgIpc) is 3.03. The maximum Gasteiger partial charge on any atom is 0.338 e. The topological polar surface area (TPSA) is 113 Å². The minimum Gasteiger partial charge on any atom is -0.497 e. The molecule has 1 unspecified atom stereocenters. The number of esters is 1. The molecular weight excluding hydrogens is 556 g/mol. The summed E-state index contributed by atoms with van der Waals surface area (Å²) < 4.78 is 16.2. The molecular formula is C32H27ClN4O5. The predicted octanol–water partition coefficient (Wildman–Crippen LogP) is 6.60. The number of amides is 1. The quantitative estimate of drug-likeness (QED) is 0.193. The summed E-state index contributed by atoms with van der Waals surface area (Å²) in [5.74, 6) is 0.593. The molecule has 0 saturated carbocycles. The second-order valence-corrected chi connectivity index (χ2v) is 9.67. The Labute approximate surface area is 247 Å². The Kier molecular flexibility index (Phi) is 8.59. The number of fused-ring (bicyclic) bond motifs is 1. The van der Waals surface area contributed by atoms with E-state index < -0.39 is 18.0 Å². The van der Waals surface area contributed by atoms with Gasteiger partial charge in [-0.3, -0.25) is 4.79 Å². The number of carbonyl (C=O) groups excluding carboxylic acids is 2. The molecule has 10 heteroatoms. The van der Waals surface area contributed by atoms with Crippen LogP contribution in [-0.2, 0) is 9.53 Å². The Morgan fingerprint density at radius 1 is 0.810 bits per heavy atom. The molecule has 0 bridgehead atoms. The van der Waals surface area contributed by atoms with E-state index >= 15 is 0 Å². The lowest BCUT2D eigenvalue weighted by Gasteiger charge is -2.16. The summed E-state index contributed by atoms with van der Waals surface area (Å²) in [4.78, 5) is 39.8. The van der Waals surface area contributed by atoms with Crippen molar-refractivity contribution in [2.24, 2.45) is 0 Å². The van der Waals surface area contributed by atoms with E-state index in [1.165, 1.54) is 6.20 Å². The maximum atomic E-state index is 13.1. The monoisotopic (exact) mass is 582 g/mol. The van der Waals surface area contributed by atoms with Crippen LogP contribution in [0.5, 0.6) is 11.5 Å². The van der Waals surface area contributed by atoms with Crippen molar-refractivity contribution in [2.75, 3.05) is 19.5 Å². The van der Waals surface area contributed by atoms with Crippen LogP contribution in [-0.4, -0.2) is 47.2 Å². The molecule has 0 saturated heterocycles. The SMILES string of the molecule is CCC(OC(=O)c1ccc2nc(-c3ccc(OC)cc3)c(-c3ccc(OC)cc3)nc2c1)C(=O)Nc1ccc(Cl)cn1. The van der Waals surface area contributed by atoms with Crippen LogP contribution in [0.25, 0.3) is 33.5 Å². The number of nitrogens with zero attached hydrogens (tertiary/aromatic N) is 3. The zero-order chi connectivity index (χ0) is 29.6. The molecule has 0 aliphatic rings. The number of benzene rings is 3. The highest BCUT2D eigenvalue weighted by atomic mass is 35.5. The molecule has 0 aliphatic heterocycles. The first-order valence-corrected chi connectivity index (χ1v) is 13.5. The fraction of sp³-hybridized carbons (Fsp3) is 0.156. The van der Waals surface area contributed by atoms with E-state index in [9.17, 15) is 9.59 Å². The summed E-state index contributed by atoms with van der Waals surface area (Å²) in [5.41, 5.74) is 4.30. The van der Waals surface area contributed by atoms with E-state index in [2.05, 4.69) is 10.3 Å². The standard InChI is InChI=1S/C32H27ClN4O5/c1-4-27(31(38)37-28-16-10-22(33)18-34-28)42-32(39)21-9-15-25-26(17-21)36-30(20-7-13-24(41-3)14-8-20)29(35-25)19-5-11-23(40-2)12-6-19/h5-18,27H,4H2,1-3H3,(H,34,37,38). The van der Waals surface area contributed by atoms with E-state index in [-0.39, 0.29) is 12.0 Å². The van der Waals surface area contributed by atoms with Crippen molar-refractivity contribution in [3.8, 4) is 34.0 Å². The second kappa shape index (κ2) is 12.7. The van der Waals surface area contributed by atoms with Gasteiger partial charge in [0.25, 0.3) is 5.91 Å². The Balaban J connectivity index is 1.46. The van der Waals surface area contributed by atoms with Gasteiger partial charge in [0.2, 0.25) is 0 Å². The van der Waals surface area contributed by atoms with Gasteiger partial charge in [0, 0.05) is 17.3 Å². The van der Waals surface area contributed by atoms with Gasteiger partial charge in [0.1, 0.15) is 17.3 Å². The Morgan fingerprint density at radius 3 is 1.93 bits per heavy atom. The number of hydrogen-bond donors (Lipinski definition) is 1. The van der Waals surface area contributed by atoms with Gasteiger partial charge in [-0.15, -0.1) is 0 Å². The number of aromatic nitrogens is 3. The number of ether oxygens (including phenoxy) is 3. The van der Waals surface area contributed by atoms with Crippen LogP contribution < -0.4 is 14.8 Å². The number of methoxy groups -OCH3 is 2. The smallest absolute Gasteiger partial charge is 0.338 e. The van der Waals surface area contributed by atoms with Crippen LogP contribution >= 0.6 is 11.6 Å². The molecule has 1 atom stereocenters. The third-order valence-electron chi connectivity index (χ3n) is 6.52. The van der Waals surface area contributed by atoms with Gasteiger partial charge in [-0.25, -0.2) is 19.7 Å². The van der Waals surface area contributed by atoms with Crippen LogP contribution in [0.2, 0.25) is 5.02 Å². The molecule has 1 amide bonds. The zero-order valence-corrected chi connectivity index (χ0v) is 23.9. The van der Waals surface area contributed by atoms with Gasteiger partial charge in [0.05, 0.1) is 47.2 Å². The molecule has 42 heavy (non-hydrogen) atoms. The lowest BCUT2D eigenvalue weighted by Crippen LogP contribution is -2.32. The first-order valence-electron chi connectivity index (χ1n) is 13.1. The van der Waals surface area contributed by atoms with Crippen molar-refractivity contribution in [3.05, 3.63) is 95.6 Å². The van der Waals surface area contributed by atoms with E-state index in [0.29, 0.717) is 39.0 Å². The van der Waals surface area contributed by atoms with E-state index in [4.69, 9.17) is 35.8 Å². The van der Waals surface area contributed by atoms with Crippen molar-refractivity contribution >= 4 is 40.3 Å². The van der Waals surface area contributed by atoms with Crippen LogP contribution in [0.15, 0.2) is 85.1 Å². The normalized spacial score (nSPS) is 11.5.